The van der Waals surface area contributed by atoms with Crippen molar-refractivity contribution >= 4 is 64.2 Å². The first-order chi connectivity index (χ1) is 26.9. The number of ether oxygens (including phenoxy) is 2. The number of imide groups is 2. The van der Waals surface area contributed by atoms with Crippen LogP contribution in [0.5, 0.6) is 17.2 Å². The van der Waals surface area contributed by atoms with E-state index in [1.807, 2.05) is 6.08 Å². The number of hydrazine groups is 1. The highest BCUT2D eigenvalue weighted by atomic mass is 35.5. The number of para-hydroxylation sites is 1. The molecule has 0 bridgehead atoms. The van der Waals surface area contributed by atoms with Crippen LogP contribution in [0.15, 0.2) is 96.6 Å². The summed E-state index contributed by atoms with van der Waals surface area (Å²) in [4.78, 5) is 72.1. The Kier molecular flexibility index (Phi) is 9.29. The molecule has 3 fully saturated rings. The topological polar surface area (TPSA) is 163 Å². The number of carbonyl (C=O) groups is 5. The molecule has 0 unspecified atom stereocenters. The summed E-state index contributed by atoms with van der Waals surface area (Å²) >= 11 is 12.7. The number of nitrogens with zero attached hydrogens (tertiary/aromatic N) is 2. The van der Waals surface area contributed by atoms with Crippen LogP contribution in [0.25, 0.3) is 0 Å². The van der Waals surface area contributed by atoms with Crippen molar-refractivity contribution in [3.05, 3.63) is 123 Å². The number of aromatic hydroxyl groups is 1. The van der Waals surface area contributed by atoms with Gasteiger partial charge in [-0.25, -0.2) is 4.79 Å². The van der Waals surface area contributed by atoms with Gasteiger partial charge < -0.3 is 19.7 Å². The number of halogens is 2. The number of carboxylic acids is 1. The van der Waals surface area contributed by atoms with E-state index in [4.69, 9.17) is 32.7 Å². The van der Waals surface area contributed by atoms with Crippen LogP contribution in [0.1, 0.15) is 47.2 Å². The van der Waals surface area contributed by atoms with Crippen molar-refractivity contribution in [1.82, 2.24) is 5.01 Å². The van der Waals surface area contributed by atoms with Crippen LogP contribution >= 0.6 is 23.2 Å². The minimum atomic E-state index is -1.70. The lowest BCUT2D eigenvalue weighted by molar-refractivity contribution is -0.138. The molecular formula is C42H35Cl2N3O9. The zero-order valence-corrected chi connectivity index (χ0v) is 31.6. The molecule has 2 saturated heterocycles. The number of methoxy groups -OCH3 is 1. The number of carbonyl (C=O) groups excluding carboxylic acids is 4. The number of aromatic carboxylic acids is 1. The molecule has 4 aromatic rings. The van der Waals surface area contributed by atoms with E-state index in [1.165, 1.54) is 37.4 Å². The first-order valence-corrected chi connectivity index (χ1v) is 18.8. The molecule has 56 heavy (non-hydrogen) atoms. The van der Waals surface area contributed by atoms with Gasteiger partial charge in [-0.2, -0.15) is 5.01 Å². The van der Waals surface area contributed by atoms with Crippen LogP contribution in [-0.2, 0) is 24.6 Å². The molecule has 0 aromatic heterocycles. The summed E-state index contributed by atoms with van der Waals surface area (Å²) in [5.74, 6) is -7.73. The average molecular weight is 797 g/mol. The molecule has 6 atom stereocenters. The maximum atomic E-state index is 15.5. The summed E-state index contributed by atoms with van der Waals surface area (Å²) in [7, 11) is 1.51. The summed E-state index contributed by atoms with van der Waals surface area (Å²) < 4.78 is 11.3. The fraction of sp³-hybridized carbons (Fsp3) is 0.262. The molecule has 4 amide bonds. The summed E-state index contributed by atoms with van der Waals surface area (Å²) in [5, 5.41) is 23.1. The fourth-order valence-electron chi connectivity index (χ4n) is 9.26. The number of anilines is 2. The molecule has 3 N–H and O–H groups in total. The second-order valence-electron chi connectivity index (χ2n) is 14.2. The maximum absolute atomic E-state index is 15.5. The molecule has 2 heterocycles. The number of phenolic OH excluding ortho intramolecular Hbond substituents is 1. The van der Waals surface area contributed by atoms with E-state index in [1.54, 1.807) is 61.5 Å². The predicted molar refractivity (Wildman–Crippen MR) is 206 cm³/mol. The van der Waals surface area contributed by atoms with Gasteiger partial charge in [0.15, 0.2) is 11.5 Å². The van der Waals surface area contributed by atoms with Crippen LogP contribution in [-0.4, -0.2) is 58.5 Å². The zero-order chi connectivity index (χ0) is 39.6. The van der Waals surface area contributed by atoms with E-state index >= 15 is 4.79 Å². The lowest BCUT2D eigenvalue weighted by Crippen LogP contribution is -2.53. The van der Waals surface area contributed by atoms with Crippen molar-refractivity contribution in [3.63, 3.8) is 0 Å². The molecule has 8 rings (SSSR count). The van der Waals surface area contributed by atoms with Crippen molar-refractivity contribution in [2.24, 2.45) is 23.7 Å². The van der Waals surface area contributed by atoms with Gasteiger partial charge in [-0.1, -0.05) is 65.2 Å². The third-order valence-electron chi connectivity index (χ3n) is 11.6. The standard InChI is InChI=1S/C42H35Cl2N3O9/c1-3-56-33-9-5-8-28(36(33)48)35-26-15-16-27-34(39(51)46(37(27)49)24-7-4-6-21(18-24)40(52)53)29(26)20-30-38(50)47(45-32-17-12-23(43)19-31(32)44)41(54)42(30,35)22-10-13-25(55-2)14-11-22/h4-15,17-19,27,29-30,34-35,45,48H,3,16,20H2,1-2H3,(H,52,53)/t27-,29+,30-,34-,35+,42+/m0/s1. The molecule has 4 aliphatic rings. The first-order valence-electron chi connectivity index (χ1n) is 18.0. The Morgan fingerprint density at radius 2 is 1.68 bits per heavy atom. The maximum Gasteiger partial charge on any atom is 0.335 e. The fourth-order valence-corrected chi connectivity index (χ4v) is 9.72. The average Bonchev–Trinajstić information content (AvgIpc) is 3.57. The number of hydrogen-bond acceptors (Lipinski definition) is 9. The number of fused-ring (bicyclic) bond motifs is 4. The number of benzene rings is 4. The molecule has 14 heteroatoms. The van der Waals surface area contributed by atoms with Crippen LogP contribution < -0.4 is 19.8 Å². The number of hydrogen-bond donors (Lipinski definition) is 3. The van der Waals surface area contributed by atoms with Gasteiger partial charge in [0.05, 0.1) is 58.8 Å². The van der Waals surface area contributed by atoms with E-state index in [0.29, 0.717) is 27.5 Å². The molecular weight excluding hydrogens is 761 g/mol. The van der Waals surface area contributed by atoms with Crippen molar-refractivity contribution < 1.29 is 43.7 Å². The van der Waals surface area contributed by atoms with E-state index in [9.17, 15) is 29.4 Å². The molecule has 4 aromatic carbocycles. The van der Waals surface area contributed by atoms with Crippen molar-refractivity contribution in [1.29, 1.82) is 0 Å². The van der Waals surface area contributed by atoms with Gasteiger partial charge in [-0.05, 0) is 85.8 Å². The van der Waals surface area contributed by atoms with Crippen molar-refractivity contribution in [2.45, 2.75) is 31.1 Å². The SMILES string of the molecule is CCOc1cccc([C@H]2C3=CC[C@@H]4C(=O)N(c5cccc(C(=O)O)c5)C(=O)[C@@H]4[C@@H]3C[C@H]3C(=O)N(Nc4ccc(Cl)cc4Cl)C(=O)[C@@]23c2ccc(OC)cc2)c1O. The molecule has 0 radical (unpaired) electrons. The Morgan fingerprint density at radius 1 is 0.929 bits per heavy atom. The number of allylic oxidation sites excluding steroid dienone is 2. The van der Waals surface area contributed by atoms with E-state index < -0.39 is 64.6 Å². The van der Waals surface area contributed by atoms with Crippen molar-refractivity contribution in [3.8, 4) is 17.2 Å². The zero-order valence-electron chi connectivity index (χ0n) is 30.1. The molecule has 2 aliphatic heterocycles. The highest BCUT2D eigenvalue weighted by molar-refractivity contribution is 6.36. The number of amides is 4. The minimum Gasteiger partial charge on any atom is -0.504 e. The van der Waals surface area contributed by atoms with Crippen LogP contribution in [0, 0.1) is 23.7 Å². The van der Waals surface area contributed by atoms with Gasteiger partial charge in [0.2, 0.25) is 11.8 Å². The normalized spacial score (nSPS) is 25.4. The molecule has 12 nitrogen and oxygen atoms in total. The van der Waals surface area contributed by atoms with Gasteiger partial charge in [-0.3, -0.25) is 29.5 Å². The van der Waals surface area contributed by atoms with E-state index in [0.717, 1.165) is 9.91 Å². The second kappa shape index (κ2) is 14.0. The van der Waals surface area contributed by atoms with Crippen molar-refractivity contribution in [2.75, 3.05) is 24.0 Å². The number of nitrogens with one attached hydrogen (secondary N) is 1. The largest absolute Gasteiger partial charge is 0.504 e. The monoisotopic (exact) mass is 795 g/mol. The van der Waals surface area contributed by atoms with Gasteiger partial charge >= 0.3 is 5.97 Å². The Bertz CT molecular complexity index is 2370. The molecule has 2 aliphatic carbocycles. The Morgan fingerprint density at radius 3 is 2.38 bits per heavy atom. The molecule has 1 saturated carbocycles. The lowest BCUT2D eigenvalue weighted by Gasteiger charge is -2.50. The van der Waals surface area contributed by atoms with Gasteiger partial charge in [0, 0.05) is 16.5 Å². The second-order valence-corrected chi connectivity index (χ2v) is 15.1. The Hall–Kier alpha value is -5.85. The predicted octanol–water partition coefficient (Wildman–Crippen LogP) is 6.99. The third kappa shape index (κ3) is 5.53. The van der Waals surface area contributed by atoms with Gasteiger partial charge in [0.1, 0.15) is 5.75 Å². The molecule has 286 valence electrons. The molecule has 0 spiro atoms. The summed E-state index contributed by atoms with van der Waals surface area (Å²) in [5.41, 5.74) is 2.89. The minimum absolute atomic E-state index is 0.0133. The van der Waals surface area contributed by atoms with Gasteiger partial charge in [0.25, 0.3) is 11.8 Å². The first kappa shape index (κ1) is 37.1. The highest BCUT2D eigenvalue weighted by Gasteiger charge is 2.70. The van der Waals surface area contributed by atoms with E-state index in [2.05, 4.69) is 5.43 Å². The Labute approximate surface area is 331 Å². The summed E-state index contributed by atoms with van der Waals surface area (Å²) in [6, 6.07) is 22.0. The third-order valence-corrected chi connectivity index (χ3v) is 12.1. The van der Waals surface area contributed by atoms with Gasteiger partial charge in [-0.15, -0.1) is 0 Å². The number of carboxylic acid groups (broad SMARTS) is 1. The lowest BCUT2D eigenvalue weighted by atomic mass is 9.49. The van der Waals surface area contributed by atoms with E-state index in [-0.39, 0.29) is 52.9 Å². The summed E-state index contributed by atoms with van der Waals surface area (Å²) in [6.07, 6.45) is 1.96. The summed E-state index contributed by atoms with van der Waals surface area (Å²) in [6.45, 7) is 2.00. The Balaban J connectivity index is 1.34. The van der Waals surface area contributed by atoms with Crippen LogP contribution in [0.3, 0.4) is 0 Å². The highest BCUT2D eigenvalue weighted by Crippen LogP contribution is 2.65. The van der Waals surface area contributed by atoms with Crippen LogP contribution in [0.4, 0.5) is 11.4 Å². The quantitative estimate of drug-likeness (QED) is 0.119. The van der Waals surface area contributed by atoms with Crippen LogP contribution in [0.2, 0.25) is 10.0 Å². The number of phenols is 1. The smallest absolute Gasteiger partial charge is 0.335 e. The number of rotatable bonds is 9.